The smallest absolute Gasteiger partial charge is 0.221 e. The third-order valence-electron chi connectivity index (χ3n) is 3.75. The van der Waals surface area contributed by atoms with E-state index in [-0.39, 0.29) is 34.5 Å². The predicted molar refractivity (Wildman–Crippen MR) is 99.5 cm³/mol. The van der Waals surface area contributed by atoms with Crippen LogP contribution >= 0.6 is 11.6 Å². The molecule has 0 saturated carbocycles. The van der Waals surface area contributed by atoms with Gasteiger partial charge in [-0.05, 0) is 24.3 Å². The number of ether oxygens (including phenoxy) is 2. The number of rotatable bonds is 8. The number of hydrogen-bond acceptors (Lipinski definition) is 5. The van der Waals surface area contributed by atoms with E-state index in [9.17, 15) is 13.2 Å². The van der Waals surface area contributed by atoms with Gasteiger partial charge in [-0.3, -0.25) is 4.79 Å². The Bertz CT molecular complexity index is 883. The molecule has 0 radical (unpaired) electrons. The van der Waals surface area contributed by atoms with E-state index >= 15 is 0 Å². The zero-order chi connectivity index (χ0) is 19.2. The van der Waals surface area contributed by atoms with Crippen molar-refractivity contribution in [3.05, 3.63) is 53.1 Å². The highest BCUT2D eigenvalue weighted by Gasteiger charge is 2.18. The number of sulfone groups is 1. The van der Waals surface area contributed by atoms with Crippen molar-refractivity contribution >= 4 is 27.3 Å². The van der Waals surface area contributed by atoms with Gasteiger partial charge < -0.3 is 14.8 Å². The molecule has 0 aliphatic carbocycles. The van der Waals surface area contributed by atoms with Crippen molar-refractivity contribution in [1.29, 1.82) is 0 Å². The molecule has 1 N–H and O–H groups in total. The van der Waals surface area contributed by atoms with Crippen molar-refractivity contribution < 1.29 is 22.7 Å². The lowest BCUT2D eigenvalue weighted by Crippen LogP contribution is -2.25. The molecule has 2 aromatic carbocycles. The molecule has 6 nitrogen and oxygen atoms in total. The van der Waals surface area contributed by atoms with E-state index in [1.54, 1.807) is 13.2 Å². The normalized spacial score (nSPS) is 11.0. The molecule has 2 aromatic rings. The molecule has 26 heavy (non-hydrogen) atoms. The molecule has 1 amide bonds. The molecular weight excluding hydrogens is 378 g/mol. The number of halogens is 1. The predicted octanol–water partition coefficient (Wildman–Crippen LogP) is 2.84. The average molecular weight is 398 g/mol. The maximum absolute atomic E-state index is 12.4. The first kappa shape index (κ1) is 20.1. The number of amides is 1. The molecule has 0 bridgehead atoms. The minimum atomic E-state index is -3.62. The molecule has 0 aliphatic rings. The Morgan fingerprint density at radius 1 is 1.08 bits per heavy atom. The number of carbonyl (C=O) groups excluding carboxylic acids is 1. The fourth-order valence-corrected chi connectivity index (χ4v) is 3.90. The van der Waals surface area contributed by atoms with Gasteiger partial charge in [-0.2, -0.15) is 0 Å². The third-order valence-corrected chi connectivity index (χ3v) is 5.76. The fourth-order valence-electron chi connectivity index (χ4n) is 2.32. The summed E-state index contributed by atoms with van der Waals surface area (Å²) in [6.45, 7) is 0.261. The molecule has 0 atom stereocenters. The molecule has 0 heterocycles. The van der Waals surface area contributed by atoms with Crippen molar-refractivity contribution in [2.45, 2.75) is 17.9 Å². The van der Waals surface area contributed by atoms with E-state index in [4.69, 9.17) is 21.1 Å². The molecule has 0 aliphatic heterocycles. The topological polar surface area (TPSA) is 81.7 Å². The lowest BCUT2D eigenvalue weighted by Gasteiger charge is -2.10. The summed E-state index contributed by atoms with van der Waals surface area (Å²) in [5.41, 5.74) is 0.813. The molecular formula is C18H20ClNO5S. The number of benzene rings is 2. The van der Waals surface area contributed by atoms with Crippen molar-refractivity contribution in [3.8, 4) is 11.5 Å². The van der Waals surface area contributed by atoms with E-state index in [1.807, 2.05) is 18.2 Å². The second-order valence-corrected chi connectivity index (χ2v) is 7.97. The standard InChI is InChI=1S/C18H20ClNO5S/c1-24-16-6-4-3-5-13(16)12-20-18(21)9-10-26(22,23)14-7-8-17(25-2)15(19)11-14/h3-8,11H,9-10,12H2,1-2H3,(H,20,21). The third kappa shape index (κ3) is 5.12. The van der Waals surface area contributed by atoms with Crippen LogP contribution in [0.1, 0.15) is 12.0 Å². The van der Waals surface area contributed by atoms with Crippen LogP contribution in [0.2, 0.25) is 5.02 Å². The highest BCUT2D eigenvalue weighted by Crippen LogP contribution is 2.27. The summed E-state index contributed by atoms with van der Waals surface area (Å²) in [5.74, 6) is 0.375. The molecule has 0 saturated heterocycles. The molecule has 0 spiro atoms. The first-order chi connectivity index (χ1) is 12.4. The molecule has 0 unspecified atom stereocenters. The largest absolute Gasteiger partial charge is 0.496 e. The lowest BCUT2D eigenvalue weighted by atomic mass is 10.2. The summed E-state index contributed by atoms with van der Waals surface area (Å²) in [4.78, 5) is 12.1. The summed E-state index contributed by atoms with van der Waals surface area (Å²) in [7, 11) is -0.629. The maximum Gasteiger partial charge on any atom is 0.221 e. The first-order valence-corrected chi connectivity index (χ1v) is 9.85. The van der Waals surface area contributed by atoms with Gasteiger partial charge in [0, 0.05) is 18.5 Å². The Hall–Kier alpha value is -2.25. The van der Waals surface area contributed by atoms with Crippen LogP contribution in [0.15, 0.2) is 47.4 Å². The summed E-state index contributed by atoms with van der Waals surface area (Å²) < 4.78 is 34.9. The second kappa shape index (κ2) is 8.91. The van der Waals surface area contributed by atoms with Crippen LogP contribution in [0.25, 0.3) is 0 Å². The Morgan fingerprint density at radius 3 is 2.42 bits per heavy atom. The highest BCUT2D eigenvalue weighted by atomic mass is 35.5. The van der Waals surface area contributed by atoms with Crippen molar-refractivity contribution in [3.63, 3.8) is 0 Å². The number of hydrogen-bond donors (Lipinski definition) is 1. The van der Waals surface area contributed by atoms with Crippen LogP contribution in [0, 0.1) is 0 Å². The van der Waals surface area contributed by atoms with Crippen molar-refractivity contribution in [1.82, 2.24) is 5.32 Å². The van der Waals surface area contributed by atoms with Gasteiger partial charge in [-0.25, -0.2) is 8.42 Å². The van der Waals surface area contributed by atoms with Gasteiger partial charge in [-0.15, -0.1) is 0 Å². The Morgan fingerprint density at radius 2 is 1.77 bits per heavy atom. The van der Waals surface area contributed by atoms with E-state index in [0.29, 0.717) is 11.5 Å². The van der Waals surface area contributed by atoms with E-state index in [1.165, 1.54) is 25.3 Å². The lowest BCUT2D eigenvalue weighted by molar-refractivity contribution is -0.120. The van der Waals surface area contributed by atoms with Gasteiger partial charge in [0.2, 0.25) is 5.91 Å². The second-order valence-electron chi connectivity index (χ2n) is 5.45. The van der Waals surface area contributed by atoms with Crippen LogP contribution < -0.4 is 14.8 Å². The van der Waals surface area contributed by atoms with Gasteiger partial charge in [0.25, 0.3) is 0 Å². The molecule has 140 valence electrons. The minimum absolute atomic E-state index is 0.0563. The van der Waals surface area contributed by atoms with E-state index in [2.05, 4.69) is 5.32 Å². The summed E-state index contributed by atoms with van der Waals surface area (Å²) in [5, 5.41) is 2.90. The highest BCUT2D eigenvalue weighted by molar-refractivity contribution is 7.91. The Kier molecular flexibility index (Phi) is 6.88. The van der Waals surface area contributed by atoms with Crippen LogP contribution in [0.3, 0.4) is 0 Å². The SMILES string of the molecule is COc1ccc(S(=O)(=O)CCC(=O)NCc2ccccc2OC)cc1Cl. The number of carbonyl (C=O) groups is 1. The minimum Gasteiger partial charge on any atom is -0.496 e. The molecule has 2 rings (SSSR count). The monoisotopic (exact) mass is 397 g/mol. The van der Waals surface area contributed by atoms with Crippen molar-refractivity contribution in [2.24, 2.45) is 0 Å². The van der Waals surface area contributed by atoms with Crippen LogP contribution in [0.5, 0.6) is 11.5 Å². The van der Waals surface area contributed by atoms with Gasteiger partial charge in [0.1, 0.15) is 11.5 Å². The molecule has 0 fully saturated rings. The number of nitrogens with one attached hydrogen (secondary N) is 1. The van der Waals surface area contributed by atoms with Crippen LogP contribution in [-0.2, 0) is 21.2 Å². The van der Waals surface area contributed by atoms with Gasteiger partial charge in [0.15, 0.2) is 9.84 Å². The van der Waals surface area contributed by atoms with E-state index < -0.39 is 9.84 Å². The fraction of sp³-hybridized carbons (Fsp3) is 0.278. The maximum atomic E-state index is 12.4. The molecule has 0 aromatic heterocycles. The van der Waals surface area contributed by atoms with Crippen LogP contribution in [0.4, 0.5) is 0 Å². The first-order valence-electron chi connectivity index (χ1n) is 7.82. The van der Waals surface area contributed by atoms with Gasteiger partial charge in [0.05, 0.1) is 29.9 Å². The quantitative estimate of drug-likeness (QED) is 0.740. The van der Waals surface area contributed by atoms with E-state index in [0.717, 1.165) is 5.56 Å². The van der Waals surface area contributed by atoms with Crippen molar-refractivity contribution in [2.75, 3.05) is 20.0 Å². The zero-order valence-electron chi connectivity index (χ0n) is 14.5. The summed E-state index contributed by atoms with van der Waals surface area (Å²) in [6.07, 6.45) is -0.152. The van der Waals surface area contributed by atoms with Crippen LogP contribution in [-0.4, -0.2) is 34.3 Å². The zero-order valence-corrected chi connectivity index (χ0v) is 16.1. The summed E-state index contributed by atoms with van der Waals surface area (Å²) >= 11 is 5.96. The Labute approximate surface area is 158 Å². The average Bonchev–Trinajstić information content (AvgIpc) is 2.64. The number of para-hydroxylation sites is 1. The summed E-state index contributed by atoms with van der Waals surface area (Å²) in [6, 6.07) is 11.5. The molecule has 8 heteroatoms. The van der Waals surface area contributed by atoms with Gasteiger partial charge in [-0.1, -0.05) is 29.8 Å². The number of methoxy groups -OCH3 is 2. The van der Waals surface area contributed by atoms with Gasteiger partial charge >= 0.3 is 0 Å². The Balaban J connectivity index is 1.94.